The lowest BCUT2D eigenvalue weighted by atomic mass is 9.82. The summed E-state index contributed by atoms with van der Waals surface area (Å²) in [5, 5.41) is 19.1. The third-order valence-corrected chi connectivity index (χ3v) is 4.86. The minimum atomic E-state index is -0.561. The first-order valence-electron chi connectivity index (χ1n) is 9.18. The summed E-state index contributed by atoms with van der Waals surface area (Å²) in [6.07, 6.45) is 7.71. The van der Waals surface area contributed by atoms with E-state index in [0.29, 0.717) is 43.3 Å². The second-order valence-electron chi connectivity index (χ2n) is 6.69. The number of nitrogens with zero attached hydrogens (tertiary/aromatic N) is 5. The average molecular weight is 389 g/mol. The first-order chi connectivity index (χ1) is 14.2. The van der Waals surface area contributed by atoms with Crippen molar-refractivity contribution in [3.05, 3.63) is 66.2 Å². The van der Waals surface area contributed by atoms with Crippen molar-refractivity contribution in [3.8, 4) is 12.0 Å². The van der Waals surface area contributed by atoms with Crippen LogP contribution in [0.4, 0.5) is 10.5 Å². The smallest absolute Gasteiger partial charge is 0.320 e. The van der Waals surface area contributed by atoms with Gasteiger partial charge in [-0.2, -0.15) is 10.4 Å². The highest BCUT2D eigenvalue weighted by atomic mass is 16.5. The molecule has 0 bridgehead atoms. The molecule has 0 aliphatic carbocycles. The molecule has 29 heavy (non-hydrogen) atoms. The Bertz CT molecular complexity index is 1020. The lowest BCUT2D eigenvalue weighted by molar-refractivity contribution is 0.0418. The first-order valence-corrected chi connectivity index (χ1v) is 9.18. The fourth-order valence-corrected chi connectivity index (χ4v) is 3.36. The minimum absolute atomic E-state index is 0.343. The molecule has 1 aliphatic heterocycles. The predicted octanol–water partition coefficient (Wildman–Crippen LogP) is 2.36. The molecule has 1 aromatic carbocycles. The van der Waals surface area contributed by atoms with Gasteiger partial charge in [-0.1, -0.05) is 12.1 Å². The Morgan fingerprint density at radius 2 is 1.90 bits per heavy atom. The standard InChI is InChI=1S/C20H19N7O2/c21-12-15-2-4-16(5-3-15)20(6-10-29-11-7-20)26-19(28)25-17-13-24-27(14-17)18-22-8-1-9-23-18/h1-5,8-9,13-14H,6-7,10-11H2,(H2,25,26,28). The van der Waals surface area contributed by atoms with Crippen molar-refractivity contribution in [1.82, 2.24) is 25.1 Å². The van der Waals surface area contributed by atoms with Gasteiger partial charge < -0.3 is 15.4 Å². The predicted molar refractivity (Wildman–Crippen MR) is 104 cm³/mol. The summed E-state index contributed by atoms with van der Waals surface area (Å²) >= 11 is 0. The summed E-state index contributed by atoms with van der Waals surface area (Å²) in [4.78, 5) is 21.0. The maximum Gasteiger partial charge on any atom is 0.320 e. The van der Waals surface area contributed by atoms with Gasteiger partial charge in [0.1, 0.15) is 0 Å². The second-order valence-corrected chi connectivity index (χ2v) is 6.69. The number of rotatable bonds is 4. The maximum absolute atomic E-state index is 12.7. The number of urea groups is 1. The summed E-state index contributed by atoms with van der Waals surface area (Å²) in [6.45, 7) is 1.09. The van der Waals surface area contributed by atoms with Crippen LogP contribution >= 0.6 is 0 Å². The summed E-state index contributed by atoms with van der Waals surface area (Å²) in [5.41, 5.74) is 1.49. The van der Waals surface area contributed by atoms with Crippen LogP contribution in [0.3, 0.4) is 0 Å². The highest BCUT2D eigenvalue weighted by Crippen LogP contribution is 2.32. The quantitative estimate of drug-likeness (QED) is 0.707. The third-order valence-electron chi connectivity index (χ3n) is 4.86. The largest absolute Gasteiger partial charge is 0.381 e. The topological polar surface area (TPSA) is 118 Å². The number of hydrogen-bond acceptors (Lipinski definition) is 6. The molecule has 9 heteroatoms. The summed E-state index contributed by atoms with van der Waals surface area (Å²) in [7, 11) is 0. The van der Waals surface area contributed by atoms with Gasteiger partial charge in [-0.25, -0.2) is 19.4 Å². The number of hydrogen-bond donors (Lipinski definition) is 2. The molecular weight excluding hydrogens is 370 g/mol. The number of nitrogens with one attached hydrogen (secondary N) is 2. The molecule has 1 aliphatic rings. The van der Waals surface area contributed by atoms with Crippen molar-refractivity contribution in [2.45, 2.75) is 18.4 Å². The Kier molecular flexibility index (Phi) is 5.18. The van der Waals surface area contributed by atoms with Crippen molar-refractivity contribution in [1.29, 1.82) is 5.26 Å². The van der Waals surface area contributed by atoms with E-state index in [1.807, 2.05) is 12.1 Å². The number of benzene rings is 1. The zero-order valence-electron chi connectivity index (χ0n) is 15.6. The highest BCUT2D eigenvalue weighted by molar-refractivity contribution is 5.89. The van der Waals surface area contributed by atoms with Gasteiger partial charge in [0, 0.05) is 25.6 Å². The van der Waals surface area contributed by atoms with Crippen LogP contribution in [0.25, 0.3) is 5.95 Å². The summed E-state index contributed by atoms with van der Waals surface area (Å²) in [6, 6.07) is 10.8. The molecule has 0 unspecified atom stereocenters. The Hall–Kier alpha value is -3.77. The van der Waals surface area contributed by atoms with Crippen molar-refractivity contribution in [2.24, 2.45) is 0 Å². The van der Waals surface area contributed by atoms with E-state index in [1.54, 1.807) is 36.8 Å². The number of nitriles is 1. The van der Waals surface area contributed by atoms with Crippen LogP contribution < -0.4 is 10.6 Å². The zero-order chi connectivity index (χ0) is 20.1. The van der Waals surface area contributed by atoms with Gasteiger partial charge in [-0.15, -0.1) is 0 Å². The Balaban J connectivity index is 1.50. The van der Waals surface area contributed by atoms with Crippen LogP contribution in [0.2, 0.25) is 0 Å². The van der Waals surface area contributed by atoms with Crippen molar-refractivity contribution in [3.63, 3.8) is 0 Å². The van der Waals surface area contributed by atoms with Gasteiger partial charge in [-0.3, -0.25) is 0 Å². The molecule has 0 atom stereocenters. The van der Waals surface area contributed by atoms with Crippen LogP contribution in [0.15, 0.2) is 55.1 Å². The molecule has 0 radical (unpaired) electrons. The molecule has 4 rings (SSSR count). The zero-order valence-corrected chi connectivity index (χ0v) is 15.6. The number of carbonyl (C=O) groups is 1. The fourth-order valence-electron chi connectivity index (χ4n) is 3.36. The normalized spacial score (nSPS) is 15.3. The lowest BCUT2D eigenvalue weighted by Gasteiger charge is -2.38. The van der Waals surface area contributed by atoms with E-state index in [1.165, 1.54) is 10.9 Å². The number of aromatic nitrogens is 4. The maximum atomic E-state index is 12.7. The van der Waals surface area contributed by atoms with Gasteiger partial charge in [0.05, 0.1) is 35.3 Å². The number of anilines is 1. The Morgan fingerprint density at radius 1 is 1.17 bits per heavy atom. The van der Waals surface area contributed by atoms with Gasteiger partial charge in [0.2, 0.25) is 5.95 Å². The van der Waals surface area contributed by atoms with E-state index in [4.69, 9.17) is 10.00 Å². The molecule has 1 saturated heterocycles. The van der Waals surface area contributed by atoms with Crippen LogP contribution in [0.5, 0.6) is 0 Å². The molecule has 0 saturated carbocycles. The molecule has 9 nitrogen and oxygen atoms in total. The van der Waals surface area contributed by atoms with E-state index in [2.05, 4.69) is 31.8 Å². The van der Waals surface area contributed by atoms with E-state index < -0.39 is 5.54 Å². The van der Waals surface area contributed by atoms with Crippen molar-refractivity contribution >= 4 is 11.7 Å². The summed E-state index contributed by atoms with van der Waals surface area (Å²) < 4.78 is 6.98. The Morgan fingerprint density at radius 3 is 2.59 bits per heavy atom. The molecule has 3 aromatic rings. The fraction of sp³-hybridized carbons (Fsp3) is 0.250. The molecule has 2 amide bonds. The number of amides is 2. The van der Waals surface area contributed by atoms with E-state index in [0.717, 1.165) is 5.56 Å². The number of ether oxygens (including phenoxy) is 1. The third kappa shape index (κ3) is 4.07. The van der Waals surface area contributed by atoms with Gasteiger partial charge >= 0.3 is 6.03 Å². The summed E-state index contributed by atoms with van der Waals surface area (Å²) in [5.74, 6) is 0.416. The minimum Gasteiger partial charge on any atom is -0.381 e. The monoisotopic (exact) mass is 389 g/mol. The van der Waals surface area contributed by atoms with Crippen molar-refractivity contribution < 1.29 is 9.53 Å². The van der Waals surface area contributed by atoms with Crippen LogP contribution in [-0.2, 0) is 10.3 Å². The molecular formula is C20H19N7O2. The average Bonchev–Trinajstić information content (AvgIpc) is 3.23. The van der Waals surface area contributed by atoms with E-state index in [9.17, 15) is 4.79 Å². The van der Waals surface area contributed by atoms with Gasteiger partial charge in [0.25, 0.3) is 0 Å². The number of carbonyl (C=O) groups excluding carboxylic acids is 1. The molecule has 2 N–H and O–H groups in total. The van der Waals surface area contributed by atoms with Crippen LogP contribution in [-0.4, -0.2) is 39.0 Å². The highest BCUT2D eigenvalue weighted by Gasteiger charge is 2.36. The van der Waals surface area contributed by atoms with Crippen LogP contribution in [0.1, 0.15) is 24.0 Å². The van der Waals surface area contributed by atoms with Gasteiger partial charge in [0.15, 0.2) is 0 Å². The molecule has 3 heterocycles. The van der Waals surface area contributed by atoms with Gasteiger partial charge in [-0.05, 0) is 36.6 Å². The van der Waals surface area contributed by atoms with E-state index >= 15 is 0 Å². The first kappa shape index (κ1) is 18.6. The molecule has 2 aromatic heterocycles. The SMILES string of the molecule is N#Cc1ccc(C2(NC(=O)Nc3cnn(-c4ncccn4)c3)CCOCC2)cc1. The van der Waals surface area contributed by atoms with Crippen molar-refractivity contribution in [2.75, 3.05) is 18.5 Å². The molecule has 0 spiro atoms. The van der Waals surface area contributed by atoms with E-state index in [-0.39, 0.29) is 6.03 Å². The Labute approximate surface area is 167 Å². The lowest BCUT2D eigenvalue weighted by Crippen LogP contribution is -2.50. The molecule has 1 fully saturated rings. The second kappa shape index (κ2) is 8.08. The van der Waals surface area contributed by atoms with Crippen LogP contribution in [0, 0.1) is 11.3 Å². The molecule has 146 valence electrons.